The first-order chi connectivity index (χ1) is 18.9. The molecule has 206 valence electrons. The van der Waals surface area contributed by atoms with Crippen LogP contribution in [0.5, 0.6) is 5.75 Å². The van der Waals surface area contributed by atoms with Crippen LogP contribution in [0.15, 0.2) is 41.1 Å². The highest BCUT2D eigenvalue weighted by atomic mass is 19.3. The number of anilines is 1. The number of para-hydroxylation sites is 1. The normalized spacial score (nSPS) is 22.4. The van der Waals surface area contributed by atoms with E-state index in [0.29, 0.717) is 23.4 Å². The van der Waals surface area contributed by atoms with Crippen LogP contribution in [0.2, 0.25) is 0 Å². The van der Waals surface area contributed by atoms with Crippen molar-refractivity contribution in [3.05, 3.63) is 59.0 Å². The highest BCUT2D eigenvalue weighted by molar-refractivity contribution is 5.90. The van der Waals surface area contributed by atoms with E-state index in [1.807, 2.05) is 13.0 Å². The highest BCUT2D eigenvalue weighted by Crippen LogP contribution is 2.46. The lowest BCUT2D eigenvalue weighted by Crippen LogP contribution is -2.46. The summed E-state index contributed by atoms with van der Waals surface area (Å²) in [6, 6.07) is 9.19. The molecule has 0 amide bonds. The third-order valence-electron chi connectivity index (χ3n) is 8.04. The standard InChI is InChI=1S/C29H31F2N3O5/c1-16-11-25(32-14-22(16)28(35)36-2)34-18-9-10-19(34)13-20(12-18)37-15-23-26(33-39-27(23)17-7-8-17)21-5-3-4-6-24(21)38-29(30)31/h3-6,11,14,17-20,29H,7-10,12-13,15H2,1-2H3. The average molecular weight is 540 g/mol. The number of aryl methyl sites for hydroxylation is 1. The molecule has 0 radical (unpaired) electrons. The van der Waals surface area contributed by atoms with Crippen molar-refractivity contribution in [3.63, 3.8) is 0 Å². The number of aromatic nitrogens is 2. The van der Waals surface area contributed by atoms with Gasteiger partial charge in [-0.25, -0.2) is 9.78 Å². The van der Waals surface area contributed by atoms with E-state index < -0.39 is 6.61 Å². The monoisotopic (exact) mass is 539 g/mol. The molecule has 1 aromatic carbocycles. The van der Waals surface area contributed by atoms with Gasteiger partial charge in [0.05, 0.1) is 25.4 Å². The zero-order valence-corrected chi connectivity index (χ0v) is 21.9. The summed E-state index contributed by atoms with van der Waals surface area (Å²) in [7, 11) is 1.37. The van der Waals surface area contributed by atoms with E-state index in [2.05, 4.69) is 15.0 Å². The second kappa shape index (κ2) is 10.6. The number of alkyl halides is 2. The fourth-order valence-corrected chi connectivity index (χ4v) is 6.04. The van der Waals surface area contributed by atoms with Crippen LogP contribution in [-0.4, -0.2) is 48.0 Å². The molecule has 2 aromatic heterocycles. The number of fused-ring (bicyclic) bond motifs is 2. The first kappa shape index (κ1) is 25.7. The molecule has 0 spiro atoms. The van der Waals surface area contributed by atoms with Gasteiger partial charge in [0.1, 0.15) is 23.0 Å². The molecule has 3 aromatic rings. The Balaban J connectivity index is 1.18. The number of benzene rings is 1. The Hall–Kier alpha value is -3.53. The first-order valence-corrected chi connectivity index (χ1v) is 13.4. The molecule has 2 atom stereocenters. The van der Waals surface area contributed by atoms with Crippen molar-refractivity contribution in [1.82, 2.24) is 10.1 Å². The molecule has 3 fully saturated rings. The maximum Gasteiger partial charge on any atom is 0.387 e. The Labute approximate surface area is 225 Å². The maximum atomic E-state index is 13.1. The molecule has 39 heavy (non-hydrogen) atoms. The van der Waals surface area contributed by atoms with Crippen LogP contribution in [-0.2, 0) is 16.1 Å². The predicted molar refractivity (Wildman–Crippen MR) is 138 cm³/mol. The lowest BCUT2D eigenvalue weighted by molar-refractivity contribution is -0.0494. The van der Waals surface area contributed by atoms with E-state index in [1.165, 1.54) is 13.2 Å². The van der Waals surface area contributed by atoms with E-state index in [9.17, 15) is 13.6 Å². The molecular formula is C29H31F2N3O5. The van der Waals surface area contributed by atoms with E-state index in [0.717, 1.165) is 61.2 Å². The summed E-state index contributed by atoms with van der Waals surface area (Å²) in [5, 5.41) is 4.28. The number of esters is 1. The topological polar surface area (TPSA) is 86.9 Å². The average Bonchev–Trinajstić information content (AvgIpc) is 3.63. The molecule has 3 aliphatic rings. The molecule has 6 rings (SSSR count). The number of pyridine rings is 1. The largest absolute Gasteiger partial charge is 0.465 e. The molecule has 2 aliphatic heterocycles. The van der Waals surface area contributed by atoms with Crippen LogP contribution < -0.4 is 9.64 Å². The number of piperidine rings is 1. The molecular weight excluding hydrogens is 508 g/mol. The number of ether oxygens (including phenoxy) is 3. The van der Waals surface area contributed by atoms with Crippen molar-refractivity contribution in [2.75, 3.05) is 12.0 Å². The second-order valence-corrected chi connectivity index (χ2v) is 10.6. The van der Waals surface area contributed by atoms with E-state index in [-0.39, 0.29) is 35.8 Å². The van der Waals surface area contributed by atoms with Gasteiger partial charge in [-0.1, -0.05) is 17.3 Å². The third kappa shape index (κ3) is 5.09. The minimum Gasteiger partial charge on any atom is -0.465 e. The molecule has 1 saturated carbocycles. The Kier molecular flexibility index (Phi) is 6.97. The Bertz CT molecular complexity index is 1340. The first-order valence-electron chi connectivity index (χ1n) is 13.4. The molecule has 10 heteroatoms. The number of carbonyl (C=O) groups excluding carboxylic acids is 1. The predicted octanol–water partition coefficient (Wildman–Crippen LogP) is 6.03. The van der Waals surface area contributed by atoms with E-state index in [4.69, 9.17) is 18.7 Å². The van der Waals surface area contributed by atoms with Crippen LogP contribution in [0.25, 0.3) is 11.3 Å². The van der Waals surface area contributed by atoms with Crippen molar-refractivity contribution in [1.29, 1.82) is 0 Å². The van der Waals surface area contributed by atoms with Gasteiger partial charge < -0.3 is 23.6 Å². The van der Waals surface area contributed by atoms with E-state index in [1.54, 1.807) is 24.4 Å². The van der Waals surface area contributed by atoms with Crippen molar-refractivity contribution in [2.45, 2.75) is 82.8 Å². The Morgan fingerprint density at radius 2 is 1.90 bits per heavy atom. The zero-order valence-electron chi connectivity index (χ0n) is 21.9. The minimum atomic E-state index is -2.93. The zero-order chi connectivity index (χ0) is 27.1. The molecule has 2 saturated heterocycles. The van der Waals surface area contributed by atoms with Gasteiger partial charge in [-0.2, -0.15) is 8.78 Å². The van der Waals surface area contributed by atoms with Gasteiger partial charge in [-0.3, -0.25) is 0 Å². The van der Waals surface area contributed by atoms with E-state index >= 15 is 0 Å². The Morgan fingerprint density at radius 3 is 2.56 bits per heavy atom. The summed E-state index contributed by atoms with van der Waals surface area (Å²) >= 11 is 0. The lowest BCUT2D eigenvalue weighted by atomic mass is 9.98. The van der Waals surface area contributed by atoms with Crippen LogP contribution in [0.1, 0.15) is 71.7 Å². The third-order valence-corrected chi connectivity index (χ3v) is 8.04. The van der Waals surface area contributed by atoms with Gasteiger partial charge >= 0.3 is 12.6 Å². The van der Waals surface area contributed by atoms with Crippen LogP contribution >= 0.6 is 0 Å². The lowest BCUT2D eigenvalue weighted by Gasteiger charge is -2.39. The second-order valence-electron chi connectivity index (χ2n) is 10.6. The fraction of sp³-hybridized carbons (Fsp3) is 0.483. The van der Waals surface area contributed by atoms with Crippen molar-refractivity contribution >= 4 is 11.8 Å². The van der Waals surface area contributed by atoms with Crippen molar-refractivity contribution < 1.29 is 32.3 Å². The summed E-state index contributed by atoms with van der Waals surface area (Å²) < 4.78 is 48.0. The quantitative estimate of drug-likeness (QED) is 0.305. The van der Waals surface area contributed by atoms with Crippen molar-refractivity contribution in [3.8, 4) is 17.0 Å². The van der Waals surface area contributed by atoms with Gasteiger partial charge in [0.15, 0.2) is 0 Å². The number of hydrogen-bond acceptors (Lipinski definition) is 8. The number of carbonyl (C=O) groups is 1. The van der Waals surface area contributed by atoms with Crippen LogP contribution in [0.4, 0.5) is 14.6 Å². The summed E-state index contributed by atoms with van der Waals surface area (Å²) in [5.41, 5.74) is 3.10. The SMILES string of the molecule is COC(=O)c1cnc(N2C3CCC2CC(OCc2c(-c4ccccc4OC(F)F)noc2C2CC2)C3)cc1C. The Morgan fingerprint density at radius 1 is 1.15 bits per heavy atom. The number of halogens is 2. The fourth-order valence-electron chi connectivity index (χ4n) is 6.04. The molecule has 8 nitrogen and oxygen atoms in total. The summed E-state index contributed by atoms with van der Waals surface area (Å²) in [4.78, 5) is 18.9. The smallest absolute Gasteiger partial charge is 0.387 e. The van der Waals surface area contributed by atoms with Gasteiger partial charge in [0.2, 0.25) is 0 Å². The van der Waals surface area contributed by atoms with Crippen molar-refractivity contribution in [2.24, 2.45) is 0 Å². The van der Waals surface area contributed by atoms with Gasteiger partial charge in [0, 0.05) is 35.3 Å². The number of hydrogen-bond donors (Lipinski definition) is 0. The number of nitrogens with zero attached hydrogens (tertiary/aromatic N) is 3. The molecule has 2 bridgehead atoms. The number of methoxy groups -OCH3 is 1. The molecule has 0 N–H and O–H groups in total. The summed E-state index contributed by atoms with van der Waals surface area (Å²) in [5.74, 6) is 1.62. The van der Waals surface area contributed by atoms with Crippen LogP contribution in [0.3, 0.4) is 0 Å². The summed E-state index contributed by atoms with van der Waals surface area (Å²) in [6.45, 7) is -0.743. The molecule has 1 aliphatic carbocycles. The highest BCUT2D eigenvalue weighted by Gasteiger charge is 2.42. The van der Waals surface area contributed by atoms with Crippen LogP contribution in [0, 0.1) is 6.92 Å². The van der Waals surface area contributed by atoms with Gasteiger partial charge in [-0.15, -0.1) is 0 Å². The maximum absolute atomic E-state index is 13.1. The molecule has 4 heterocycles. The van der Waals surface area contributed by atoms with Gasteiger partial charge in [-0.05, 0) is 69.2 Å². The number of rotatable bonds is 9. The minimum absolute atomic E-state index is 0.0385. The molecule has 2 unspecified atom stereocenters. The van der Waals surface area contributed by atoms with Gasteiger partial charge in [0.25, 0.3) is 0 Å². The summed E-state index contributed by atoms with van der Waals surface area (Å²) in [6.07, 6.45) is 7.46.